The molecule has 0 fully saturated rings. The summed E-state index contributed by atoms with van der Waals surface area (Å²) in [6.45, 7) is 2.17. The molecule has 13 rings (SSSR count). The standard InChI is InChI=1S/C67H47BN2/c1-46-42-65-67-66(43-46)70(56-38-32-50(33-39-56)48-20-8-3-9-21-48)64-41-35-54(60-29-17-15-27-58(60)52-24-12-5-13-25-52)45-62(64)68(67)61-44-53(59-28-16-14-26-57(59)51-22-10-4-11-23-51)34-40-63(61)69(65)55-36-30-49(31-37-55)47-18-6-2-7-19-47/h2-45H,1H3. The Morgan fingerprint density at radius 1 is 0.257 bits per heavy atom. The van der Waals surface area contributed by atoms with E-state index in [4.69, 9.17) is 0 Å². The SMILES string of the molecule is Cc1cc2c3c(c1)N(c1ccc(-c4ccccc4)cc1)c1ccc(-c4ccccc4-c4ccccc4)cc1B3c1cc(-c3ccccc3-c3ccccc3)ccc1N2c1ccc(-c2ccccc2)cc1. The molecule has 0 aliphatic carbocycles. The van der Waals surface area contributed by atoms with E-state index in [9.17, 15) is 0 Å². The second kappa shape index (κ2) is 17.3. The van der Waals surface area contributed by atoms with Crippen LogP contribution in [0.4, 0.5) is 34.1 Å². The van der Waals surface area contributed by atoms with Crippen molar-refractivity contribution in [2.75, 3.05) is 9.80 Å². The Morgan fingerprint density at radius 2 is 0.557 bits per heavy atom. The normalized spacial score (nSPS) is 12.3. The van der Waals surface area contributed by atoms with E-state index in [-0.39, 0.29) is 6.71 Å². The maximum atomic E-state index is 2.52. The van der Waals surface area contributed by atoms with Crippen LogP contribution in [0.25, 0.3) is 66.8 Å². The molecule has 0 aromatic heterocycles. The Labute approximate surface area is 411 Å². The molecule has 70 heavy (non-hydrogen) atoms. The summed E-state index contributed by atoms with van der Waals surface area (Å²) in [6, 6.07) is 98.2. The molecule has 0 radical (unpaired) electrons. The molecule has 2 aliphatic rings. The largest absolute Gasteiger partial charge is 0.311 e. The van der Waals surface area contributed by atoms with Gasteiger partial charge in [-0.1, -0.05) is 218 Å². The lowest BCUT2D eigenvalue weighted by Gasteiger charge is -2.44. The summed E-state index contributed by atoms with van der Waals surface area (Å²) in [5.74, 6) is 0. The molecule has 0 amide bonds. The molecule has 3 heteroatoms. The van der Waals surface area contributed by atoms with Crippen LogP contribution in [-0.4, -0.2) is 6.71 Å². The molecule has 11 aromatic rings. The molecule has 2 aliphatic heterocycles. The fraction of sp³-hybridized carbons (Fsp3) is 0.0149. The predicted molar refractivity (Wildman–Crippen MR) is 298 cm³/mol. The van der Waals surface area contributed by atoms with Crippen LogP contribution in [0.1, 0.15) is 5.56 Å². The summed E-state index contributed by atoms with van der Waals surface area (Å²) >= 11 is 0. The van der Waals surface area contributed by atoms with Crippen LogP contribution in [0, 0.1) is 6.92 Å². The molecule has 0 unspecified atom stereocenters. The number of fused-ring (bicyclic) bond motifs is 4. The zero-order valence-corrected chi connectivity index (χ0v) is 38.9. The highest BCUT2D eigenvalue weighted by Gasteiger charge is 2.44. The topological polar surface area (TPSA) is 6.48 Å². The zero-order valence-electron chi connectivity index (χ0n) is 38.9. The molecule has 0 saturated heterocycles. The molecular formula is C67H47BN2. The number of anilines is 6. The second-order valence-corrected chi connectivity index (χ2v) is 18.5. The van der Waals surface area contributed by atoms with Crippen LogP contribution in [0.5, 0.6) is 0 Å². The molecule has 0 N–H and O–H groups in total. The van der Waals surface area contributed by atoms with Crippen molar-refractivity contribution in [1.82, 2.24) is 0 Å². The Bertz CT molecular complexity index is 3460. The minimum atomic E-state index is -0.0806. The summed E-state index contributed by atoms with van der Waals surface area (Å²) in [5.41, 5.74) is 26.5. The highest BCUT2D eigenvalue weighted by atomic mass is 15.2. The first kappa shape index (κ1) is 41.3. The molecule has 11 aromatic carbocycles. The monoisotopic (exact) mass is 890 g/mol. The summed E-state index contributed by atoms with van der Waals surface area (Å²) in [4.78, 5) is 5.05. The number of benzene rings is 11. The maximum Gasteiger partial charge on any atom is 0.252 e. The van der Waals surface area contributed by atoms with Gasteiger partial charge in [0.2, 0.25) is 0 Å². The van der Waals surface area contributed by atoms with Crippen LogP contribution < -0.4 is 26.2 Å². The maximum absolute atomic E-state index is 2.52. The number of aryl methyl sites for hydroxylation is 1. The molecular weight excluding hydrogens is 844 g/mol. The van der Waals surface area contributed by atoms with Crippen molar-refractivity contribution in [3.05, 3.63) is 272 Å². The van der Waals surface area contributed by atoms with Gasteiger partial charge < -0.3 is 9.80 Å². The summed E-state index contributed by atoms with van der Waals surface area (Å²) in [5, 5.41) is 0. The number of nitrogens with zero attached hydrogens (tertiary/aromatic N) is 2. The van der Waals surface area contributed by atoms with Gasteiger partial charge in [-0.15, -0.1) is 0 Å². The van der Waals surface area contributed by atoms with E-state index in [1.165, 1.54) is 111 Å². The molecule has 328 valence electrons. The summed E-state index contributed by atoms with van der Waals surface area (Å²) in [7, 11) is 0. The van der Waals surface area contributed by atoms with Crippen LogP contribution in [0.3, 0.4) is 0 Å². The average Bonchev–Trinajstić information content (AvgIpc) is 3.44. The number of hydrogen-bond acceptors (Lipinski definition) is 2. The van der Waals surface area contributed by atoms with E-state index in [1.807, 2.05) is 0 Å². The quantitative estimate of drug-likeness (QED) is 0.140. The fourth-order valence-corrected chi connectivity index (χ4v) is 11.1. The van der Waals surface area contributed by atoms with Crippen LogP contribution in [0.2, 0.25) is 0 Å². The van der Waals surface area contributed by atoms with Crippen molar-refractivity contribution in [2.24, 2.45) is 0 Å². The van der Waals surface area contributed by atoms with Gasteiger partial charge in [0.25, 0.3) is 6.71 Å². The van der Waals surface area contributed by atoms with Crippen molar-refractivity contribution in [1.29, 1.82) is 0 Å². The van der Waals surface area contributed by atoms with Gasteiger partial charge in [0.15, 0.2) is 0 Å². The van der Waals surface area contributed by atoms with E-state index < -0.39 is 0 Å². The second-order valence-electron chi connectivity index (χ2n) is 18.5. The van der Waals surface area contributed by atoms with Crippen molar-refractivity contribution >= 4 is 57.2 Å². The van der Waals surface area contributed by atoms with E-state index in [2.05, 4.69) is 284 Å². The first-order chi connectivity index (χ1) is 34.6. The summed E-state index contributed by atoms with van der Waals surface area (Å²) < 4.78 is 0. The highest BCUT2D eigenvalue weighted by Crippen LogP contribution is 2.47. The third-order valence-corrected chi connectivity index (χ3v) is 14.3. The van der Waals surface area contributed by atoms with Gasteiger partial charge in [-0.25, -0.2) is 0 Å². The Hall–Kier alpha value is -8.92. The first-order valence-electron chi connectivity index (χ1n) is 24.3. The van der Waals surface area contributed by atoms with Crippen molar-refractivity contribution < 1.29 is 0 Å². The lowest BCUT2D eigenvalue weighted by molar-refractivity contribution is 1.24. The number of rotatable bonds is 8. The molecule has 0 bridgehead atoms. The van der Waals surface area contributed by atoms with Gasteiger partial charge in [0.1, 0.15) is 0 Å². The predicted octanol–water partition coefficient (Wildman–Crippen LogP) is 16.1. The lowest BCUT2D eigenvalue weighted by Crippen LogP contribution is -2.61. The number of hydrogen-bond donors (Lipinski definition) is 0. The Balaban J connectivity index is 1.07. The summed E-state index contributed by atoms with van der Waals surface area (Å²) in [6.07, 6.45) is 0. The highest BCUT2D eigenvalue weighted by molar-refractivity contribution is 7.00. The van der Waals surface area contributed by atoms with Gasteiger partial charge in [-0.05, 0) is 144 Å². The van der Waals surface area contributed by atoms with Crippen LogP contribution >= 0.6 is 0 Å². The van der Waals surface area contributed by atoms with Gasteiger partial charge in [-0.3, -0.25) is 0 Å². The van der Waals surface area contributed by atoms with Gasteiger partial charge in [0, 0.05) is 34.1 Å². The van der Waals surface area contributed by atoms with E-state index in [0.29, 0.717) is 0 Å². The Morgan fingerprint density at radius 3 is 0.929 bits per heavy atom. The van der Waals surface area contributed by atoms with Crippen LogP contribution in [-0.2, 0) is 0 Å². The van der Waals surface area contributed by atoms with E-state index in [0.717, 1.165) is 11.4 Å². The molecule has 0 atom stereocenters. The van der Waals surface area contributed by atoms with Crippen molar-refractivity contribution in [2.45, 2.75) is 6.92 Å². The average molecular weight is 891 g/mol. The first-order valence-corrected chi connectivity index (χ1v) is 24.3. The van der Waals surface area contributed by atoms with Crippen molar-refractivity contribution in [3.8, 4) is 66.8 Å². The zero-order chi connectivity index (χ0) is 46.5. The van der Waals surface area contributed by atoms with E-state index >= 15 is 0 Å². The fourth-order valence-electron chi connectivity index (χ4n) is 11.1. The minimum Gasteiger partial charge on any atom is -0.311 e. The molecule has 0 saturated carbocycles. The third-order valence-electron chi connectivity index (χ3n) is 14.3. The molecule has 2 heterocycles. The Kier molecular flexibility index (Phi) is 10.2. The smallest absolute Gasteiger partial charge is 0.252 e. The van der Waals surface area contributed by atoms with Crippen molar-refractivity contribution in [3.63, 3.8) is 0 Å². The van der Waals surface area contributed by atoms with Gasteiger partial charge >= 0.3 is 0 Å². The van der Waals surface area contributed by atoms with E-state index in [1.54, 1.807) is 0 Å². The molecule has 0 spiro atoms. The third kappa shape index (κ3) is 7.14. The van der Waals surface area contributed by atoms with Gasteiger partial charge in [-0.2, -0.15) is 0 Å². The van der Waals surface area contributed by atoms with Crippen LogP contribution in [0.15, 0.2) is 267 Å². The molecule has 2 nitrogen and oxygen atoms in total. The van der Waals surface area contributed by atoms with Gasteiger partial charge in [0.05, 0.1) is 0 Å². The lowest BCUT2D eigenvalue weighted by atomic mass is 9.33. The minimum absolute atomic E-state index is 0.0806.